The minimum Gasteiger partial charge on any atom is -0.205 e. The Morgan fingerprint density at radius 2 is 1.81 bits per heavy atom. The minimum atomic E-state index is -0.689. The molecule has 0 radical (unpaired) electrons. The number of hydrogen-bond acceptors (Lipinski definition) is 0. The Balaban J connectivity index is 1.79. The van der Waals surface area contributed by atoms with Gasteiger partial charge < -0.3 is 0 Å². The standard InChI is InChI=1S/C18H19ClF2/c19-17-16(20)11-14-10-13(8-9-15(14)18(17)21)7-6-12-4-2-1-3-5-12/h8-12H,1-7H2. The lowest BCUT2D eigenvalue weighted by atomic mass is 9.85. The number of fused-ring (bicyclic) bond motifs is 1. The van der Waals surface area contributed by atoms with E-state index in [0.29, 0.717) is 10.8 Å². The molecule has 112 valence electrons. The van der Waals surface area contributed by atoms with Crippen LogP contribution >= 0.6 is 11.6 Å². The largest absolute Gasteiger partial charge is 0.205 e. The highest BCUT2D eigenvalue weighted by atomic mass is 35.5. The van der Waals surface area contributed by atoms with Crippen molar-refractivity contribution in [3.8, 4) is 0 Å². The van der Waals surface area contributed by atoms with Crippen molar-refractivity contribution in [2.45, 2.75) is 44.9 Å². The van der Waals surface area contributed by atoms with Gasteiger partial charge in [-0.15, -0.1) is 0 Å². The molecule has 0 nitrogen and oxygen atoms in total. The van der Waals surface area contributed by atoms with E-state index in [1.54, 1.807) is 6.07 Å². The molecule has 0 N–H and O–H groups in total. The molecule has 0 atom stereocenters. The first-order chi connectivity index (χ1) is 10.1. The average Bonchev–Trinajstić information content (AvgIpc) is 2.51. The van der Waals surface area contributed by atoms with Gasteiger partial charge in [-0.05, 0) is 35.8 Å². The lowest BCUT2D eigenvalue weighted by molar-refractivity contribution is 0.339. The molecule has 0 aromatic heterocycles. The van der Waals surface area contributed by atoms with E-state index in [1.165, 1.54) is 44.6 Å². The fourth-order valence-electron chi connectivity index (χ4n) is 3.36. The third kappa shape index (κ3) is 3.21. The van der Waals surface area contributed by atoms with E-state index in [4.69, 9.17) is 11.6 Å². The monoisotopic (exact) mass is 308 g/mol. The Morgan fingerprint density at radius 1 is 1.05 bits per heavy atom. The van der Waals surface area contributed by atoms with Gasteiger partial charge in [0.2, 0.25) is 0 Å². The lowest BCUT2D eigenvalue weighted by Gasteiger charge is -2.21. The van der Waals surface area contributed by atoms with Crippen molar-refractivity contribution >= 4 is 22.4 Å². The molecule has 2 aromatic carbocycles. The number of hydrogen-bond donors (Lipinski definition) is 0. The first-order valence-electron chi connectivity index (χ1n) is 7.71. The minimum absolute atomic E-state index is 0.391. The molecule has 1 aliphatic carbocycles. The van der Waals surface area contributed by atoms with E-state index in [-0.39, 0.29) is 0 Å². The maximum absolute atomic E-state index is 13.9. The second-order valence-corrected chi connectivity index (χ2v) is 6.46. The normalized spacial score (nSPS) is 16.5. The van der Waals surface area contributed by atoms with Crippen LogP contribution in [0.2, 0.25) is 5.02 Å². The van der Waals surface area contributed by atoms with Gasteiger partial charge in [-0.3, -0.25) is 0 Å². The third-order valence-electron chi connectivity index (χ3n) is 4.60. The summed E-state index contributed by atoms with van der Waals surface area (Å²) in [6.45, 7) is 0. The Labute approximate surface area is 129 Å². The van der Waals surface area contributed by atoms with Crippen LogP contribution < -0.4 is 0 Å². The average molecular weight is 309 g/mol. The summed E-state index contributed by atoms with van der Waals surface area (Å²) in [7, 11) is 0. The van der Waals surface area contributed by atoms with Gasteiger partial charge in [0.05, 0.1) is 0 Å². The smallest absolute Gasteiger partial charge is 0.152 e. The van der Waals surface area contributed by atoms with Gasteiger partial charge >= 0.3 is 0 Å². The fourth-order valence-corrected chi connectivity index (χ4v) is 3.51. The van der Waals surface area contributed by atoms with E-state index in [2.05, 4.69) is 0 Å². The highest BCUT2D eigenvalue weighted by Gasteiger charge is 2.14. The van der Waals surface area contributed by atoms with E-state index >= 15 is 0 Å². The molecular formula is C18H19ClF2. The second kappa shape index (κ2) is 6.31. The van der Waals surface area contributed by atoms with E-state index < -0.39 is 16.7 Å². The van der Waals surface area contributed by atoms with Gasteiger partial charge in [0.1, 0.15) is 10.8 Å². The zero-order valence-electron chi connectivity index (χ0n) is 12.0. The summed E-state index contributed by atoms with van der Waals surface area (Å²) in [4.78, 5) is 0. The zero-order chi connectivity index (χ0) is 14.8. The van der Waals surface area contributed by atoms with E-state index in [1.807, 2.05) is 12.1 Å². The Bertz CT molecular complexity index is 645. The Kier molecular flexibility index (Phi) is 4.44. The van der Waals surface area contributed by atoms with Gasteiger partial charge in [-0.1, -0.05) is 61.9 Å². The van der Waals surface area contributed by atoms with Gasteiger partial charge in [0.15, 0.2) is 5.82 Å². The van der Waals surface area contributed by atoms with Crippen LogP contribution in [0.25, 0.3) is 10.8 Å². The number of halogens is 3. The summed E-state index contributed by atoms with van der Waals surface area (Å²) < 4.78 is 27.4. The topological polar surface area (TPSA) is 0 Å². The van der Waals surface area contributed by atoms with Gasteiger partial charge in [0.25, 0.3) is 0 Å². The zero-order valence-corrected chi connectivity index (χ0v) is 12.7. The summed E-state index contributed by atoms with van der Waals surface area (Å²) in [6, 6.07) is 6.86. The van der Waals surface area contributed by atoms with Crippen molar-refractivity contribution in [3.05, 3.63) is 46.5 Å². The third-order valence-corrected chi connectivity index (χ3v) is 4.95. The van der Waals surface area contributed by atoms with Crippen LogP contribution in [0.1, 0.15) is 44.1 Å². The van der Waals surface area contributed by atoms with Gasteiger partial charge in [-0.25, -0.2) is 8.78 Å². The summed E-state index contributed by atoms with van der Waals surface area (Å²) in [5.74, 6) is -0.537. The SMILES string of the molecule is Fc1cc2cc(CCC3CCCCC3)ccc2c(F)c1Cl. The van der Waals surface area contributed by atoms with Crippen LogP contribution in [0, 0.1) is 17.6 Å². The predicted molar refractivity (Wildman–Crippen MR) is 83.8 cm³/mol. The van der Waals surface area contributed by atoms with Crippen LogP contribution in [-0.4, -0.2) is 0 Å². The molecule has 0 saturated heterocycles. The van der Waals surface area contributed by atoms with Crippen LogP contribution in [0.3, 0.4) is 0 Å². The molecule has 21 heavy (non-hydrogen) atoms. The molecule has 2 aromatic rings. The molecule has 3 rings (SSSR count). The lowest BCUT2D eigenvalue weighted by Crippen LogP contribution is -2.07. The quantitative estimate of drug-likeness (QED) is 0.585. The number of aryl methyl sites for hydroxylation is 1. The molecule has 0 amide bonds. The van der Waals surface area contributed by atoms with Crippen molar-refractivity contribution in [1.82, 2.24) is 0 Å². The van der Waals surface area contributed by atoms with Crippen molar-refractivity contribution in [3.63, 3.8) is 0 Å². The van der Waals surface area contributed by atoms with Gasteiger partial charge in [-0.2, -0.15) is 0 Å². The number of rotatable bonds is 3. The number of benzene rings is 2. The van der Waals surface area contributed by atoms with Crippen LogP contribution in [0.15, 0.2) is 24.3 Å². The van der Waals surface area contributed by atoms with Crippen LogP contribution in [0.5, 0.6) is 0 Å². The molecule has 1 fully saturated rings. The molecule has 0 unspecified atom stereocenters. The second-order valence-electron chi connectivity index (χ2n) is 6.08. The molecule has 1 aliphatic rings. The maximum atomic E-state index is 13.9. The summed E-state index contributed by atoms with van der Waals surface area (Å²) >= 11 is 5.61. The van der Waals surface area contributed by atoms with Crippen molar-refractivity contribution in [2.75, 3.05) is 0 Å². The van der Waals surface area contributed by atoms with Crippen molar-refractivity contribution in [2.24, 2.45) is 5.92 Å². The molecule has 0 aliphatic heterocycles. The Hall–Kier alpha value is -1.15. The summed E-state index contributed by atoms with van der Waals surface area (Å²) in [5.41, 5.74) is 1.15. The summed E-state index contributed by atoms with van der Waals surface area (Å²) in [5, 5.41) is 0.566. The molecule has 1 saturated carbocycles. The highest BCUT2D eigenvalue weighted by Crippen LogP contribution is 2.30. The first-order valence-corrected chi connectivity index (χ1v) is 8.09. The molecular weight excluding hydrogens is 290 g/mol. The van der Waals surface area contributed by atoms with Crippen LogP contribution in [-0.2, 0) is 6.42 Å². The summed E-state index contributed by atoms with van der Waals surface area (Å²) in [6.07, 6.45) is 8.86. The van der Waals surface area contributed by atoms with Crippen LogP contribution in [0.4, 0.5) is 8.78 Å². The van der Waals surface area contributed by atoms with E-state index in [0.717, 1.165) is 17.9 Å². The fraction of sp³-hybridized carbons (Fsp3) is 0.444. The first kappa shape index (κ1) is 14.8. The van der Waals surface area contributed by atoms with Gasteiger partial charge in [0, 0.05) is 5.39 Å². The van der Waals surface area contributed by atoms with E-state index in [9.17, 15) is 8.78 Å². The Morgan fingerprint density at radius 3 is 2.57 bits per heavy atom. The van der Waals surface area contributed by atoms with Crippen molar-refractivity contribution in [1.29, 1.82) is 0 Å². The van der Waals surface area contributed by atoms with Crippen molar-refractivity contribution < 1.29 is 8.78 Å². The molecule has 0 heterocycles. The molecule has 3 heteroatoms. The molecule has 0 spiro atoms. The highest BCUT2D eigenvalue weighted by molar-refractivity contribution is 6.31. The maximum Gasteiger partial charge on any atom is 0.152 e. The predicted octanol–water partition coefficient (Wildman–Crippen LogP) is 6.28. The molecule has 0 bridgehead atoms.